The van der Waals surface area contributed by atoms with Crippen LogP contribution in [0.1, 0.15) is 17.2 Å². The molecule has 0 aliphatic heterocycles. The van der Waals surface area contributed by atoms with Crippen LogP contribution in [0.15, 0.2) is 45.8 Å². The second-order valence-corrected chi connectivity index (χ2v) is 5.77. The van der Waals surface area contributed by atoms with Gasteiger partial charge >= 0.3 is 0 Å². The van der Waals surface area contributed by atoms with E-state index in [0.29, 0.717) is 0 Å². The second-order valence-electron chi connectivity index (χ2n) is 4.17. The minimum Gasteiger partial charge on any atom is -0.309 e. The van der Waals surface area contributed by atoms with E-state index in [1.165, 1.54) is 5.56 Å². The highest BCUT2D eigenvalue weighted by atomic mass is 79.9. The summed E-state index contributed by atoms with van der Waals surface area (Å²) in [5.74, 6) is 0. The maximum Gasteiger partial charge on any atom is 0.0937 e. The fraction of sp³-hybridized carbons (Fsp3) is 0.143. The van der Waals surface area contributed by atoms with E-state index >= 15 is 0 Å². The van der Waals surface area contributed by atoms with Crippen molar-refractivity contribution in [1.82, 2.24) is 15.3 Å². The van der Waals surface area contributed by atoms with Gasteiger partial charge < -0.3 is 5.32 Å². The minimum absolute atomic E-state index is 0.112. The van der Waals surface area contributed by atoms with Gasteiger partial charge in [0.25, 0.3) is 0 Å². The van der Waals surface area contributed by atoms with Gasteiger partial charge in [-0.15, -0.1) is 0 Å². The summed E-state index contributed by atoms with van der Waals surface area (Å²) < 4.78 is 1.12. The molecule has 0 aliphatic carbocycles. The van der Waals surface area contributed by atoms with Crippen LogP contribution < -0.4 is 5.32 Å². The van der Waals surface area contributed by atoms with Crippen molar-refractivity contribution in [2.45, 2.75) is 6.04 Å². The van der Waals surface area contributed by atoms with Gasteiger partial charge in [0, 0.05) is 27.8 Å². The molecule has 0 saturated carbocycles. The number of thiophene rings is 1. The van der Waals surface area contributed by atoms with Gasteiger partial charge in [-0.1, -0.05) is 12.1 Å². The highest BCUT2D eigenvalue weighted by Gasteiger charge is 2.18. The number of fused-ring (bicyclic) bond motifs is 1. The zero-order valence-corrected chi connectivity index (χ0v) is 12.7. The molecule has 5 heteroatoms. The summed E-state index contributed by atoms with van der Waals surface area (Å²) in [7, 11) is 1.96. The molecule has 0 fully saturated rings. The molecule has 0 saturated heterocycles. The van der Waals surface area contributed by atoms with Crippen molar-refractivity contribution in [2.24, 2.45) is 0 Å². The van der Waals surface area contributed by atoms with Gasteiger partial charge in [0.05, 0.1) is 17.1 Å². The fourth-order valence-corrected chi connectivity index (χ4v) is 3.78. The molecule has 0 amide bonds. The number of halogens is 1. The SMILES string of the molecule is CNC(c1cscc1Br)c1cccc2nccnc12. The van der Waals surface area contributed by atoms with Crippen LogP contribution in [-0.2, 0) is 0 Å². The van der Waals surface area contributed by atoms with E-state index in [1.807, 2.05) is 19.2 Å². The zero-order chi connectivity index (χ0) is 13.2. The molecule has 2 heterocycles. The number of rotatable bonds is 3. The summed E-state index contributed by atoms with van der Waals surface area (Å²) in [6, 6.07) is 6.22. The molecule has 19 heavy (non-hydrogen) atoms. The Morgan fingerprint density at radius 1 is 1.16 bits per heavy atom. The van der Waals surface area contributed by atoms with E-state index in [-0.39, 0.29) is 6.04 Å². The standard InChI is InChI=1S/C14H12BrN3S/c1-16-13(10-7-19-8-11(10)15)9-3-2-4-12-14(9)18-6-5-17-12/h2-8,13,16H,1H3. The number of benzene rings is 1. The molecule has 1 N–H and O–H groups in total. The predicted molar refractivity (Wildman–Crippen MR) is 82.5 cm³/mol. The normalized spacial score (nSPS) is 12.7. The lowest BCUT2D eigenvalue weighted by Crippen LogP contribution is -2.18. The van der Waals surface area contributed by atoms with Gasteiger partial charge in [-0.25, -0.2) is 0 Å². The van der Waals surface area contributed by atoms with E-state index in [1.54, 1.807) is 23.7 Å². The summed E-state index contributed by atoms with van der Waals surface area (Å²) in [5.41, 5.74) is 4.24. The molecule has 96 valence electrons. The van der Waals surface area contributed by atoms with E-state index in [9.17, 15) is 0 Å². The first kappa shape index (κ1) is 12.7. The summed E-state index contributed by atoms with van der Waals surface area (Å²) in [5, 5.41) is 7.61. The molecule has 1 unspecified atom stereocenters. The lowest BCUT2D eigenvalue weighted by molar-refractivity contribution is 0.695. The van der Waals surface area contributed by atoms with Crippen molar-refractivity contribution < 1.29 is 0 Å². The van der Waals surface area contributed by atoms with Crippen molar-refractivity contribution in [1.29, 1.82) is 0 Å². The predicted octanol–water partition coefficient (Wildman–Crippen LogP) is 3.76. The smallest absolute Gasteiger partial charge is 0.0937 e. The van der Waals surface area contributed by atoms with Crippen LogP contribution in [0, 0.1) is 0 Å². The fourth-order valence-electron chi connectivity index (χ4n) is 2.22. The molecule has 1 aromatic carbocycles. The van der Waals surface area contributed by atoms with Crippen LogP contribution in [-0.4, -0.2) is 17.0 Å². The molecule has 2 aromatic heterocycles. The summed E-state index contributed by atoms with van der Waals surface area (Å²) in [6.07, 6.45) is 3.46. The van der Waals surface area contributed by atoms with Gasteiger partial charge in [0.2, 0.25) is 0 Å². The molecule has 3 nitrogen and oxygen atoms in total. The lowest BCUT2D eigenvalue weighted by Gasteiger charge is -2.17. The Balaban J connectivity index is 2.20. The summed E-state index contributed by atoms with van der Waals surface area (Å²) in [4.78, 5) is 8.84. The number of hydrogen-bond acceptors (Lipinski definition) is 4. The molecule has 0 bridgehead atoms. The van der Waals surface area contributed by atoms with Crippen molar-refractivity contribution in [3.05, 3.63) is 57.0 Å². The Bertz CT molecular complexity index is 705. The Kier molecular flexibility index (Phi) is 3.59. The van der Waals surface area contributed by atoms with Gasteiger partial charge in [-0.05, 0) is 40.0 Å². The van der Waals surface area contributed by atoms with Gasteiger partial charge in [0.1, 0.15) is 0 Å². The first-order valence-electron chi connectivity index (χ1n) is 5.89. The maximum absolute atomic E-state index is 4.48. The van der Waals surface area contributed by atoms with Crippen LogP contribution in [0.5, 0.6) is 0 Å². The summed E-state index contributed by atoms with van der Waals surface area (Å²) >= 11 is 5.29. The molecule has 1 atom stereocenters. The minimum atomic E-state index is 0.112. The monoisotopic (exact) mass is 333 g/mol. The summed E-state index contributed by atoms with van der Waals surface area (Å²) in [6.45, 7) is 0. The van der Waals surface area contributed by atoms with E-state index in [0.717, 1.165) is 21.1 Å². The van der Waals surface area contributed by atoms with Crippen LogP contribution >= 0.6 is 27.3 Å². The number of nitrogens with zero attached hydrogens (tertiary/aromatic N) is 2. The third kappa shape index (κ3) is 2.29. The van der Waals surface area contributed by atoms with Crippen LogP contribution in [0.4, 0.5) is 0 Å². The number of hydrogen-bond donors (Lipinski definition) is 1. The first-order valence-corrected chi connectivity index (χ1v) is 7.63. The van der Waals surface area contributed by atoms with Crippen molar-refractivity contribution in [3.8, 4) is 0 Å². The van der Waals surface area contributed by atoms with E-state index < -0.39 is 0 Å². The quantitative estimate of drug-likeness (QED) is 0.792. The topological polar surface area (TPSA) is 37.8 Å². The molecule has 0 aliphatic rings. The van der Waals surface area contributed by atoms with Crippen LogP contribution in [0.25, 0.3) is 11.0 Å². The maximum atomic E-state index is 4.48. The molecular weight excluding hydrogens is 322 g/mol. The number of nitrogens with one attached hydrogen (secondary N) is 1. The van der Waals surface area contributed by atoms with Gasteiger partial charge in [-0.3, -0.25) is 9.97 Å². The lowest BCUT2D eigenvalue weighted by atomic mass is 10.00. The Hall–Kier alpha value is -1.30. The molecule has 0 radical (unpaired) electrons. The van der Waals surface area contributed by atoms with Gasteiger partial charge in [-0.2, -0.15) is 11.3 Å². The van der Waals surface area contributed by atoms with Crippen molar-refractivity contribution in [2.75, 3.05) is 7.05 Å². The first-order chi connectivity index (χ1) is 9.31. The largest absolute Gasteiger partial charge is 0.309 e. The van der Waals surface area contributed by atoms with Crippen LogP contribution in [0.3, 0.4) is 0 Å². The Morgan fingerprint density at radius 3 is 2.74 bits per heavy atom. The van der Waals surface area contributed by atoms with Crippen LogP contribution in [0.2, 0.25) is 0 Å². The van der Waals surface area contributed by atoms with E-state index in [4.69, 9.17) is 0 Å². The van der Waals surface area contributed by atoms with Crippen molar-refractivity contribution in [3.63, 3.8) is 0 Å². The second kappa shape index (κ2) is 5.36. The molecule has 3 rings (SSSR count). The average molecular weight is 334 g/mol. The third-order valence-electron chi connectivity index (χ3n) is 3.08. The van der Waals surface area contributed by atoms with E-state index in [2.05, 4.69) is 48.0 Å². The highest BCUT2D eigenvalue weighted by molar-refractivity contribution is 9.10. The molecule has 0 spiro atoms. The highest BCUT2D eigenvalue weighted by Crippen LogP contribution is 2.33. The van der Waals surface area contributed by atoms with Crippen molar-refractivity contribution >= 4 is 38.3 Å². The average Bonchev–Trinajstić information content (AvgIpc) is 2.86. The zero-order valence-electron chi connectivity index (χ0n) is 10.3. The van der Waals surface area contributed by atoms with Gasteiger partial charge in [0.15, 0.2) is 0 Å². The third-order valence-corrected chi connectivity index (χ3v) is 4.83. The Morgan fingerprint density at radius 2 is 2.00 bits per heavy atom. The molecular formula is C14H12BrN3S. The Labute approximate surface area is 123 Å². The number of aromatic nitrogens is 2. The molecule has 3 aromatic rings. The number of para-hydroxylation sites is 1.